The number of benzene rings is 1. The van der Waals surface area contributed by atoms with Crippen molar-refractivity contribution >= 4 is 17.1 Å². The summed E-state index contributed by atoms with van der Waals surface area (Å²) in [6.07, 6.45) is 0.0619. The number of anilines is 2. The fourth-order valence-electron chi connectivity index (χ4n) is 1.73. The molecule has 1 unspecified atom stereocenters. The van der Waals surface area contributed by atoms with Crippen LogP contribution in [0.3, 0.4) is 0 Å². The van der Waals surface area contributed by atoms with Crippen LogP contribution in [0, 0.1) is 10.1 Å². The van der Waals surface area contributed by atoms with Gasteiger partial charge in [0.25, 0.3) is 5.69 Å². The zero-order chi connectivity index (χ0) is 14.3. The van der Waals surface area contributed by atoms with Crippen molar-refractivity contribution in [3.8, 4) is 0 Å². The summed E-state index contributed by atoms with van der Waals surface area (Å²) < 4.78 is 5.41. The molecule has 6 nitrogen and oxygen atoms in total. The van der Waals surface area contributed by atoms with Gasteiger partial charge in [-0.3, -0.25) is 10.1 Å². The lowest BCUT2D eigenvalue weighted by molar-refractivity contribution is -0.384. The van der Waals surface area contributed by atoms with Crippen LogP contribution in [0.2, 0.25) is 0 Å². The molecular formula is C13H21N3O3. The highest BCUT2D eigenvalue weighted by Crippen LogP contribution is 2.24. The Kier molecular flexibility index (Phi) is 6.08. The molecule has 0 radical (unpaired) electrons. The third-order valence-corrected chi connectivity index (χ3v) is 2.55. The van der Waals surface area contributed by atoms with Gasteiger partial charge in [0, 0.05) is 43.2 Å². The summed E-state index contributed by atoms with van der Waals surface area (Å²) in [6, 6.07) is 4.91. The van der Waals surface area contributed by atoms with Crippen LogP contribution >= 0.6 is 0 Å². The lowest BCUT2D eigenvalue weighted by Crippen LogP contribution is -2.19. The number of nitrogens with zero attached hydrogens (tertiary/aromatic N) is 1. The van der Waals surface area contributed by atoms with Gasteiger partial charge in [-0.15, -0.1) is 0 Å². The number of hydrogen-bond acceptors (Lipinski definition) is 5. The lowest BCUT2D eigenvalue weighted by Gasteiger charge is -2.14. The van der Waals surface area contributed by atoms with Crippen LogP contribution in [0.5, 0.6) is 0 Å². The van der Waals surface area contributed by atoms with Gasteiger partial charge < -0.3 is 15.4 Å². The van der Waals surface area contributed by atoms with Gasteiger partial charge >= 0.3 is 0 Å². The molecule has 0 saturated carbocycles. The number of nitrogens with one attached hydrogen (secondary N) is 2. The van der Waals surface area contributed by atoms with E-state index >= 15 is 0 Å². The minimum atomic E-state index is -0.391. The molecule has 1 rings (SSSR count). The number of non-ortho nitro benzene ring substituents is 1. The van der Waals surface area contributed by atoms with Gasteiger partial charge in [0.1, 0.15) is 0 Å². The van der Waals surface area contributed by atoms with E-state index in [2.05, 4.69) is 10.6 Å². The van der Waals surface area contributed by atoms with Crippen LogP contribution in [0.4, 0.5) is 17.1 Å². The molecule has 0 heterocycles. The zero-order valence-corrected chi connectivity index (χ0v) is 11.6. The standard InChI is InChI=1S/C13H21N3O3/c1-4-14-11-6-12(8-13(7-11)16(17)18)15-9-10(3)19-5-2/h6-8,10,14-15H,4-5,9H2,1-3H3. The Morgan fingerprint density at radius 3 is 2.42 bits per heavy atom. The smallest absolute Gasteiger partial charge is 0.273 e. The molecule has 106 valence electrons. The Balaban J connectivity index is 2.78. The van der Waals surface area contributed by atoms with Gasteiger partial charge in [-0.1, -0.05) is 0 Å². The van der Waals surface area contributed by atoms with Crippen LogP contribution in [0.1, 0.15) is 20.8 Å². The highest BCUT2D eigenvalue weighted by molar-refractivity contribution is 5.63. The average Bonchev–Trinajstić information content (AvgIpc) is 2.37. The van der Waals surface area contributed by atoms with Crippen molar-refractivity contribution in [3.63, 3.8) is 0 Å². The van der Waals surface area contributed by atoms with E-state index in [0.29, 0.717) is 13.2 Å². The largest absolute Gasteiger partial charge is 0.385 e. The molecule has 0 aromatic heterocycles. The molecule has 0 bridgehead atoms. The number of nitro groups is 1. The van der Waals surface area contributed by atoms with Crippen LogP contribution < -0.4 is 10.6 Å². The minimum absolute atomic E-state index is 0.0619. The number of ether oxygens (including phenoxy) is 1. The molecule has 1 atom stereocenters. The first-order valence-electron chi connectivity index (χ1n) is 6.45. The van der Waals surface area contributed by atoms with Crippen molar-refractivity contribution in [1.82, 2.24) is 0 Å². The molecule has 2 N–H and O–H groups in total. The minimum Gasteiger partial charge on any atom is -0.385 e. The van der Waals surface area contributed by atoms with Gasteiger partial charge in [-0.25, -0.2) is 0 Å². The first-order chi connectivity index (χ1) is 9.06. The SMILES string of the molecule is CCNc1cc(NCC(C)OCC)cc([N+](=O)[O-])c1. The first-order valence-corrected chi connectivity index (χ1v) is 6.45. The van der Waals surface area contributed by atoms with Crippen LogP contribution in [0.15, 0.2) is 18.2 Å². The Morgan fingerprint density at radius 2 is 1.89 bits per heavy atom. The molecule has 0 amide bonds. The molecule has 0 aliphatic rings. The first kappa shape index (κ1) is 15.2. The number of nitro benzene ring substituents is 1. The predicted molar refractivity (Wildman–Crippen MR) is 76.8 cm³/mol. The fourth-order valence-corrected chi connectivity index (χ4v) is 1.73. The summed E-state index contributed by atoms with van der Waals surface area (Å²) in [7, 11) is 0. The van der Waals surface area contributed by atoms with Crippen LogP contribution in [0.25, 0.3) is 0 Å². The molecule has 19 heavy (non-hydrogen) atoms. The highest BCUT2D eigenvalue weighted by atomic mass is 16.6. The van der Waals surface area contributed by atoms with E-state index in [-0.39, 0.29) is 11.8 Å². The van der Waals surface area contributed by atoms with Crippen LogP contribution in [-0.2, 0) is 4.74 Å². The summed E-state index contributed by atoms with van der Waals surface area (Å²) in [4.78, 5) is 10.5. The normalized spacial score (nSPS) is 11.9. The molecule has 1 aromatic rings. The summed E-state index contributed by atoms with van der Waals surface area (Å²) in [6.45, 7) is 7.83. The molecular weight excluding hydrogens is 246 g/mol. The van der Waals surface area contributed by atoms with Gasteiger partial charge in [0.05, 0.1) is 11.0 Å². The van der Waals surface area contributed by atoms with E-state index in [0.717, 1.165) is 17.9 Å². The van der Waals surface area contributed by atoms with E-state index in [9.17, 15) is 10.1 Å². The van der Waals surface area contributed by atoms with E-state index in [1.165, 1.54) is 12.1 Å². The topological polar surface area (TPSA) is 76.4 Å². The van der Waals surface area contributed by atoms with Gasteiger partial charge in [0.15, 0.2) is 0 Å². The van der Waals surface area contributed by atoms with E-state index < -0.39 is 4.92 Å². The van der Waals surface area contributed by atoms with Gasteiger partial charge in [0.2, 0.25) is 0 Å². The average molecular weight is 267 g/mol. The van der Waals surface area contributed by atoms with Crippen molar-refractivity contribution in [2.45, 2.75) is 26.9 Å². The monoisotopic (exact) mass is 267 g/mol. The molecule has 0 fully saturated rings. The second-order valence-electron chi connectivity index (χ2n) is 4.20. The molecule has 0 aliphatic carbocycles. The van der Waals surface area contributed by atoms with Gasteiger partial charge in [-0.2, -0.15) is 0 Å². The third-order valence-electron chi connectivity index (χ3n) is 2.55. The Hall–Kier alpha value is -1.82. The van der Waals surface area contributed by atoms with Crippen molar-refractivity contribution in [2.24, 2.45) is 0 Å². The van der Waals surface area contributed by atoms with E-state index in [1.54, 1.807) is 0 Å². The Labute approximate surface area is 113 Å². The molecule has 0 spiro atoms. The zero-order valence-electron chi connectivity index (χ0n) is 11.6. The Bertz CT molecular complexity index is 424. The molecule has 0 saturated heterocycles. The second-order valence-corrected chi connectivity index (χ2v) is 4.20. The van der Waals surface area contributed by atoms with E-state index in [4.69, 9.17) is 4.74 Å². The van der Waals surface area contributed by atoms with Crippen molar-refractivity contribution in [2.75, 3.05) is 30.3 Å². The van der Waals surface area contributed by atoms with Crippen molar-refractivity contribution in [1.29, 1.82) is 0 Å². The highest BCUT2D eigenvalue weighted by Gasteiger charge is 2.10. The quantitative estimate of drug-likeness (QED) is 0.559. The number of rotatable bonds is 8. The maximum Gasteiger partial charge on any atom is 0.273 e. The fraction of sp³-hybridized carbons (Fsp3) is 0.538. The predicted octanol–water partition coefficient (Wildman–Crippen LogP) is 2.86. The summed E-state index contributed by atoms with van der Waals surface area (Å²) in [5, 5.41) is 17.1. The number of hydrogen-bond donors (Lipinski definition) is 2. The lowest BCUT2D eigenvalue weighted by atomic mass is 10.2. The van der Waals surface area contributed by atoms with E-state index in [1.807, 2.05) is 26.8 Å². The third kappa shape index (κ3) is 5.13. The van der Waals surface area contributed by atoms with Gasteiger partial charge in [-0.05, 0) is 26.8 Å². The summed E-state index contributed by atoms with van der Waals surface area (Å²) in [5.74, 6) is 0. The molecule has 6 heteroatoms. The molecule has 0 aliphatic heterocycles. The summed E-state index contributed by atoms with van der Waals surface area (Å²) >= 11 is 0. The van der Waals surface area contributed by atoms with Crippen LogP contribution in [-0.4, -0.2) is 30.7 Å². The Morgan fingerprint density at radius 1 is 1.26 bits per heavy atom. The van der Waals surface area contributed by atoms with Crippen molar-refractivity contribution < 1.29 is 9.66 Å². The maximum absolute atomic E-state index is 10.9. The maximum atomic E-state index is 10.9. The second kappa shape index (κ2) is 7.58. The summed E-state index contributed by atoms with van der Waals surface area (Å²) in [5.41, 5.74) is 1.53. The molecule has 1 aromatic carbocycles. The van der Waals surface area contributed by atoms with Crippen molar-refractivity contribution in [3.05, 3.63) is 28.3 Å².